The molecule has 1 aromatic heterocycles. The fourth-order valence-electron chi connectivity index (χ4n) is 1.81. The average molecular weight is 307 g/mol. The molecule has 1 heterocycles. The molecule has 0 aliphatic rings. The van der Waals surface area contributed by atoms with Crippen LogP contribution in [-0.2, 0) is 22.9 Å². The number of nitrogens with zero attached hydrogens (tertiary/aromatic N) is 3. The molecular formula is C13H17N5O2S. The zero-order chi connectivity index (χ0) is 15.5. The fraction of sp³-hybridized carbons (Fsp3) is 0.308. The highest BCUT2D eigenvalue weighted by molar-refractivity contribution is 7.92. The van der Waals surface area contributed by atoms with E-state index >= 15 is 0 Å². The predicted octanol–water partition coefficient (Wildman–Crippen LogP) is 1.38. The Kier molecular flexibility index (Phi) is 4.37. The number of hydrogen-bond acceptors (Lipinski definition) is 6. The summed E-state index contributed by atoms with van der Waals surface area (Å²) < 4.78 is 26.7. The number of nitrogens with one attached hydrogen (secondary N) is 1. The van der Waals surface area contributed by atoms with Gasteiger partial charge < -0.3 is 5.73 Å². The van der Waals surface area contributed by atoms with Crippen LogP contribution in [0.4, 0.5) is 11.6 Å². The maximum absolute atomic E-state index is 12.2. The normalized spacial score (nSPS) is 11.3. The van der Waals surface area contributed by atoms with Gasteiger partial charge in [-0.1, -0.05) is 13.8 Å². The monoisotopic (exact) mass is 307 g/mol. The molecule has 0 radical (unpaired) electrons. The van der Waals surface area contributed by atoms with Crippen molar-refractivity contribution in [2.24, 2.45) is 0 Å². The van der Waals surface area contributed by atoms with Gasteiger partial charge in [0, 0.05) is 5.69 Å². The van der Waals surface area contributed by atoms with Crippen molar-refractivity contribution in [2.75, 3.05) is 10.5 Å². The van der Waals surface area contributed by atoms with E-state index in [9.17, 15) is 8.42 Å². The first-order valence-electron chi connectivity index (χ1n) is 6.57. The van der Waals surface area contributed by atoms with E-state index in [0.29, 0.717) is 18.5 Å². The Morgan fingerprint density at radius 2 is 1.67 bits per heavy atom. The lowest BCUT2D eigenvalue weighted by Crippen LogP contribution is -2.17. The molecule has 8 heteroatoms. The van der Waals surface area contributed by atoms with Crippen molar-refractivity contribution in [1.29, 1.82) is 0 Å². The molecule has 0 saturated carbocycles. The van der Waals surface area contributed by atoms with E-state index in [4.69, 9.17) is 5.73 Å². The van der Waals surface area contributed by atoms with Crippen LogP contribution >= 0.6 is 0 Å². The highest BCUT2D eigenvalue weighted by Crippen LogP contribution is 2.15. The average Bonchev–Trinajstić information content (AvgIpc) is 2.47. The number of benzene rings is 1. The molecule has 3 N–H and O–H groups in total. The second-order valence-electron chi connectivity index (χ2n) is 4.41. The Labute approximate surface area is 123 Å². The first-order chi connectivity index (χ1) is 9.96. The largest absolute Gasteiger partial charge is 0.399 e. The quantitative estimate of drug-likeness (QED) is 0.807. The van der Waals surface area contributed by atoms with E-state index in [0.717, 1.165) is 11.4 Å². The van der Waals surface area contributed by atoms with Crippen LogP contribution in [-0.4, -0.2) is 23.6 Å². The van der Waals surface area contributed by atoms with E-state index < -0.39 is 10.0 Å². The number of nitrogens with two attached hydrogens (primary N) is 1. The van der Waals surface area contributed by atoms with Gasteiger partial charge in [-0.2, -0.15) is 0 Å². The summed E-state index contributed by atoms with van der Waals surface area (Å²) in [6.45, 7) is 3.88. The minimum Gasteiger partial charge on any atom is -0.399 e. The zero-order valence-electron chi connectivity index (χ0n) is 11.9. The minimum absolute atomic E-state index is 0.0270. The van der Waals surface area contributed by atoms with Crippen molar-refractivity contribution in [2.45, 2.75) is 31.6 Å². The molecule has 1 aromatic carbocycles. The summed E-state index contributed by atoms with van der Waals surface area (Å²) in [6, 6.07) is 5.88. The maximum atomic E-state index is 12.2. The summed E-state index contributed by atoms with van der Waals surface area (Å²) in [7, 11) is -3.75. The Balaban J connectivity index is 2.30. The molecule has 0 spiro atoms. The Hall–Kier alpha value is -2.22. The second-order valence-corrected chi connectivity index (χ2v) is 6.09. The first-order valence-corrected chi connectivity index (χ1v) is 8.05. The SMILES string of the molecule is CCc1nnc(NS(=O)(=O)c2ccc(N)cc2)nc1CC. The number of hydrogen-bond donors (Lipinski definition) is 2. The fourth-order valence-corrected chi connectivity index (χ4v) is 2.75. The van der Waals surface area contributed by atoms with Crippen LogP contribution in [0.15, 0.2) is 29.2 Å². The van der Waals surface area contributed by atoms with E-state index in [2.05, 4.69) is 19.9 Å². The van der Waals surface area contributed by atoms with Crippen LogP contribution < -0.4 is 10.5 Å². The third-order valence-corrected chi connectivity index (χ3v) is 4.27. The van der Waals surface area contributed by atoms with Crippen molar-refractivity contribution < 1.29 is 8.42 Å². The smallest absolute Gasteiger partial charge is 0.264 e. The van der Waals surface area contributed by atoms with Crippen LogP contribution in [0.1, 0.15) is 25.2 Å². The first kappa shape index (κ1) is 15.2. The van der Waals surface area contributed by atoms with Gasteiger partial charge in [-0.05, 0) is 37.1 Å². The minimum atomic E-state index is -3.75. The molecule has 112 valence electrons. The van der Waals surface area contributed by atoms with Gasteiger partial charge >= 0.3 is 0 Å². The molecule has 21 heavy (non-hydrogen) atoms. The summed E-state index contributed by atoms with van der Waals surface area (Å²) in [4.78, 5) is 4.30. The van der Waals surface area contributed by atoms with E-state index in [-0.39, 0.29) is 10.8 Å². The van der Waals surface area contributed by atoms with Crippen molar-refractivity contribution in [3.8, 4) is 0 Å². The molecule has 2 aromatic rings. The number of aryl methyl sites for hydroxylation is 2. The van der Waals surface area contributed by atoms with Gasteiger partial charge in [0.25, 0.3) is 16.0 Å². The molecule has 0 amide bonds. The highest BCUT2D eigenvalue weighted by atomic mass is 32.2. The Bertz CT molecular complexity index is 729. The zero-order valence-corrected chi connectivity index (χ0v) is 12.7. The second kappa shape index (κ2) is 6.04. The Morgan fingerprint density at radius 3 is 2.24 bits per heavy atom. The molecular weight excluding hydrogens is 290 g/mol. The number of sulfonamides is 1. The van der Waals surface area contributed by atoms with E-state index in [1.807, 2.05) is 13.8 Å². The molecule has 0 bridgehead atoms. The molecule has 0 atom stereocenters. The topological polar surface area (TPSA) is 111 Å². The van der Waals surface area contributed by atoms with Gasteiger partial charge in [0.1, 0.15) is 0 Å². The maximum Gasteiger partial charge on any atom is 0.264 e. The summed E-state index contributed by atoms with van der Waals surface area (Å²) in [5.41, 5.74) is 7.55. The summed E-state index contributed by atoms with van der Waals surface area (Å²) >= 11 is 0. The standard InChI is InChI=1S/C13H17N5O2S/c1-3-11-12(4-2)16-17-13(15-11)18-21(19,20)10-7-5-9(14)6-8-10/h5-8H,3-4,14H2,1-2H3,(H,15,17,18). The van der Waals surface area contributed by atoms with Gasteiger partial charge in [-0.15, -0.1) is 10.2 Å². The van der Waals surface area contributed by atoms with Gasteiger partial charge in [-0.3, -0.25) is 0 Å². The van der Waals surface area contributed by atoms with Gasteiger partial charge in [0.05, 0.1) is 16.3 Å². The number of nitrogen functional groups attached to an aromatic ring is 1. The summed E-state index contributed by atoms with van der Waals surface area (Å²) in [6.07, 6.45) is 1.36. The lowest BCUT2D eigenvalue weighted by atomic mass is 10.2. The summed E-state index contributed by atoms with van der Waals surface area (Å²) in [5, 5.41) is 7.81. The van der Waals surface area contributed by atoms with E-state index in [1.165, 1.54) is 24.3 Å². The lowest BCUT2D eigenvalue weighted by Gasteiger charge is -2.08. The number of anilines is 2. The molecule has 7 nitrogen and oxygen atoms in total. The van der Waals surface area contributed by atoms with Crippen molar-refractivity contribution in [1.82, 2.24) is 15.2 Å². The molecule has 0 unspecified atom stereocenters. The van der Waals surface area contributed by atoms with Crippen molar-refractivity contribution in [3.05, 3.63) is 35.7 Å². The molecule has 2 rings (SSSR count). The molecule has 0 saturated heterocycles. The van der Waals surface area contributed by atoms with Crippen molar-refractivity contribution in [3.63, 3.8) is 0 Å². The van der Waals surface area contributed by atoms with Gasteiger partial charge in [0.15, 0.2) is 0 Å². The van der Waals surface area contributed by atoms with Crippen LogP contribution in [0.5, 0.6) is 0 Å². The van der Waals surface area contributed by atoms with Gasteiger partial charge in [0.2, 0.25) is 0 Å². The lowest BCUT2D eigenvalue weighted by molar-refractivity contribution is 0.600. The Morgan fingerprint density at radius 1 is 1.05 bits per heavy atom. The van der Waals surface area contributed by atoms with Crippen molar-refractivity contribution >= 4 is 21.7 Å². The summed E-state index contributed by atoms with van der Waals surface area (Å²) in [5.74, 6) is -0.0270. The number of rotatable bonds is 5. The van der Waals surface area contributed by atoms with E-state index in [1.54, 1.807) is 0 Å². The van der Waals surface area contributed by atoms with Crippen LogP contribution in [0, 0.1) is 0 Å². The van der Waals surface area contributed by atoms with Crippen LogP contribution in [0.25, 0.3) is 0 Å². The molecule has 0 aliphatic carbocycles. The van der Waals surface area contributed by atoms with Crippen LogP contribution in [0.3, 0.4) is 0 Å². The third-order valence-electron chi connectivity index (χ3n) is 2.93. The highest BCUT2D eigenvalue weighted by Gasteiger charge is 2.16. The molecule has 0 fully saturated rings. The number of aromatic nitrogens is 3. The van der Waals surface area contributed by atoms with Crippen LogP contribution in [0.2, 0.25) is 0 Å². The molecule has 0 aliphatic heterocycles. The van der Waals surface area contributed by atoms with Gasteiger partial charge in [-0.25, -0.2) is 18.1 Å². The predicted molar refractivity (Wildman–Crippen MR) is 80.2 cm³/mol. The third kappa shape index (κ3) is 3.46.